The molecule has 0 spiro atoms. The number of nitrogens with zero attached hydrogens (tertiary/aromatic N) is 1. The Kier molecular flexibility index (Phi) is 4.20. The van der Waals surface area contributed by atoms with Crippen LogP contribution in [0.15, 0.2) is 48.8 Å². The number of hydrogen-bond acceptors (Lipinski definition) is 4. The highest BCUT2D eigenvalue weighted by atomic mass is 16.5. The van der Waals surface area contributed by atoms with Gasteiger partial charge in [0.1, 0.15) is 11.2 Å². The molecule has 0 bridgehead atoms. The van der Waals surface area contributed by atoms with Gasteiger partial charge in [0, 0.05) is 12.4 Å². The van der Waals surface area contributed by atoms with E-state index in [9.17, 15) is 9.59 Å². The third-order valence-corrected chi connectivity index (χ3v) is 4.42. The molecule has 0 radical (unpaired) electrons. The van der Waals surface area contributed by atoms with Crippen molar-refractivity contribution in [1.29, 1.82) is 0 Å². The van der Waals surface area contributed by atoms with Gasteiger partial charge in [-0.3, -0.25) is 14.6 Å². The van der Waals surface area contributed by atoms with Crippen molar-refractivity contribution in [3.63, 3.8) is 0 Å². The number of methoxy groups -OCH3 is 1. The minimum atomic E-state index is -1.06. The minimum absolute atomic E-state index is 0.326. The number of benzene rings is 1. The summed E-state index contributed by atoms with van der Waals surface area (Å²) < 4.78 is 5.17. The third-order valence-electron chi connectivity index (χ3n) is 4.42. The molecule has 6 nitrogen and oxygen atoms in total. The van der Waals surface area contributed by atoms with Gasteiger partial charge in [-0.15, -0.1) is 0 Å². The van der Waals surface area contributed by atoms with E-state index in [0.29, 0.717) is 12.8 Å². The lowest BCUT2D eigenvalue weighted by molar-refractivity contribution is -0.135. The fourth-order valence-electron chi connectivity index (χ4n) is 2.69. The summed E-state index contributed by atoms with van der Waals surface area (Å²) in [5, 5.41) is 2.96. The lowest BCUT2D eigenvalue weighted by Gasteiger charge is -2.22. The van der Waals surface area contributed by atoms with Gasteiger partial charge in [-0.2, -0.15) is 0 Å². The number of carbonyl (C=O) groups excluding carboxylic acids is 2. The van der Waals surface area contributed by atoms with E-state index in [2.05, 4.69) is 10.3 Å². The Bertz CT molecular complexity index is 740. The zero-order chi connectivity index (χ0) is 17.2. The smallest absolute Gasteiger partial charge is 0.236 e. The van der Waals surface area contributed by atoms with Crippen molar-refractivity contribution in [1.82, 2.24) is 10.3 Å². The zero-order valence-electron chi connectivity index (χ0n) is 13.4. The second kappa shape index (κ2) is 6.31. The number of nitrogens with two attached hydrogens (primary N) is 1. The molecule has 1 aliphatic carbocycles. The molecule has 1 aromatic heterocycles. The molecule has 1 heterocycles. The molecule has 3 rings (SSSR count). The van der Waals surface area contributed by atoms with E-state index >= 15 is 0 Å². The van der Waals surface area contributed by atoms with Crippen LogP contribution < -0.4 is 15.8 Å². The summed E-state index contributed by atoms with van der Waals surface area (Å²) in [4.78, 5) is 28.2. The molecular formula is C18H19N3O3. The van der Waals surface area contributed by atoms with Crippen molar-refractivity contribution in [2.24, 2.45) is 11.1 Å². The molecule has 2 aromatic rings. The summed E-state index contributed by atoms with van der Waals surface area (Å²) >= 11 is 0. The number of primary amides is 1. The van der Waals surface area contributed by atoms with Crippen molar-refractivity contribution in [3.05, 3.63) is 59.9 Å². The Morgan fingerprint density at radius 2 is 1.71 bits per heavy atom. The van der Waals surface area contributed by atoms with E-state index < -0.39 is 11.3 Å². The van der Waals surface area contributed by atoms with Crippen molar-refractivity contribution < 1.29 is 14.3 Å². The molecule has 3 N–H and O–H groups in total. The molecule has 0 unspecified atom stereocenters. The zero-order valence-corrected chi connectivity index (χ0v) is 13.4. The Morgan fingerprint density at radius 1 is 1.12 bits per heavy atom. The van der Waals surface area contributed by atoms with Gasteiger partial charge in [0.2, 0.25) is 11.8 Å². The van der Waals surface area contributed by atoms with E-state index in [4.69, 9.17) is 10.5 Å². The number of pyridine rings is 1. The van der Waals surface area contributed by atoms with Crippen LogP contribution in [0, 0.1) is 5.41 Å². The quantitative estimate of drug-likeness (QED) is 0.788. The van der Waals surface area contributed by atoms with Crippen LogP contribution >= 0.6 is 0 Å². The first-order valence-electron chi connectivity index (χ1n) is 7.71. The lowest BCUT2D eigenvalue weighted by Crippen LogP contribution is -2.42. The Morgan fingerprint density at radius 3 is 2.21 bits per heavy atom. The maximum atomic E-state index is 12.6. The van der Waals surface area contributed by atoms with Gasteiger partial charge >= 0.3 is 0 Å². The van der Waals surface area contributed by atoms with Crippen LogP contribution in [-0.2, 0) is 9.59 Å². The monoisotopic (exact) mass is 325 g/mol. The van der Waals surface area contributed by atoms with Gasteiger partial charge in [0.05, 0.1) is 13.2 Å². The third kappa shape index (κ3) is 2.95. The Balaban J connectivity index is 1.91. The predicted molar refractivity (Wildman–Crippen MR) is 88.1 cm³/mol. The second-order valence-electron chi connectivity index (χ2n) is 5.91. The van der Waals surface area contributed by atoms with Crippen molar-refractivity contribution >= 4 is 11.8 Å². The number of hydrogen-bond donors (Lipinski definition) is 2. The average molecular weight is 325 g/mol. The Hall–Kier alpha value is -2.89. The molecule has 0 saturated heterocycles. The van der Waals surface area contributed by atoms with Gasteiger partial charge in [-0.25, -0.2) is 0 Å². The topological polar surface area (TPSA) is 94.3 Å². The molecule has 1 fully saturated rings. The molecule has 2 amide bonds. The van der Waals surface area contributed by atoms with E-state index in [0.717, 1.165) is 16.9 Å². The number of amides is 2. The number of ether oxygens (including phenoxy) is 1. The van der Waals surface area contributed by atoms with Gasteiger partial charge in [0.25, 0.3) is 0 Å². The molecule has 1 atom stereocenters. The van der Waals surface area contributed by atoms with Crippen molar-refractivity contribution in [2.45, 2.75) is 18.9 Å². The van der Waals surface area contributed by atoms with Crippen LogP contribution in [0.1, 0.15) is 30.0 Å². The number of carbonyl (C=O) groups is 2. The second-order valence-corrected chi connectivity index (χ2v) is 5.91. The Labute approximate surface area is 140 Å². The first-order valence-corrected chi connectivity index (χ1v) is 7.71. The summed E-state index contributed by atoms with van der Waals surface area (Å²) in [6.45, 7) is 0. The highest BCUT2D eigenvalue weighted by Crippen LogP contribution is 2.46. The lowest BCUT2D eigenvalue weighted by atomic mass is 9.97. The van der Waals surface area contributed by atoms with Crippen LogP contribution in [0.5, 0.6) is 5.75 Å². The summed E-state index contributed by atoms with van der Waals surface area (Å²) in [7, 11) is 1.60. The van der Waals surface area contributed by atoms with Crippen molar-refractivity contribution in [3.8, 4) is 5.75 Å². The van der Waals surface area contributed by atoms with Crippen LogP contribution in [0.3, 0.4) is 0 Å². The van der Waals surface area contributed by atoms with Crippen molar-refractivity contribution in [2.75, 3.05) is 7.11 Å². The van der Waals surface area contributed by atoms with E-state index in [1.165, 1.54) is 0 Å². The summed E-state index contributed by atoms with van der Waals surface area (Å²) in [5.41, 5.74) is 6.10. The summed E-state index contributed by atoms with van der Waals surface area (Å²) in [5.74, 6) is -0.162. The maximum absolute atomic E-state index is 12.6. The predicted octanol–water partition coefficient (Wildman–Crippen LogP) is 1.56. The molecular weight excluding hydrogens is 306 g/mol. The fourth-order valence-corrected chi connectivity index (χ4v) is 2.69. The summed E-state index contributed by atoms with van der Waals surface area (Å²) in [6.07, 6.45) is 4.33. The molecule has 1 aromatic carbocycles. The van der Waals surface area contributed by atoms with E-state index in [-0.39, 0.29) is 11.9 Å². The highest BCUT2D eigenvalue weighted by molar-refractivity contribution is 6.07. The molecule has 1 saturated carbocycles. The molecule has 6 heteroatoms. The standard InChI is InChI=1S/C18H19N3O3/c1-24-14-4-2-12(3-5-14)15(13-6-10-20-11-7-13)21-17(23)18(8-9-18)16(19)22/h2-7,10-11,15H,8-9H2,1H3,(H2,19,22)(H,21,23)/t15-/m0/s1. The molecule has 0 aliphatic heterocycles. The van der Waals surface area contributed by atoms with E-state index in [1.54, 1.807) is 19.5 Å². The SMILES string of the molecule is COc1ccc([C@H](NC(=O)C2(C(N)=O)CC2)c2ccncc2)cc1. The molecule has 124 valence electrons. The highest BCUT2D eigenvalue weighted by Gasteiger charge is 2.55. The average Bonchev–Trinajstić information content (AvgIpc) is 3.42. The normalized spacial score (nSPS) is 16.0. The van der Waals surface area contributed by atoms with Gasteiger partial charge in [-0.05, 0) is 48.2 Å². The van der Waals surface area contributed by atoms with Gasteiger partial charge < -0.3 is 15.8 Å². The number of aromatic nitrogens is 1. The molecule has 1 aliphatic rings. The first-order chi connectivity index (χ1) is 11.6. The largest absolute Gasteiger partial charge is 0.497 e. The van der Waals surface area contributed by atoms with Crippen LogP contribution in [0.25, 0.3) is 0 Å². The maximum Gasteiger partial charge on any atom is 0.236 e. The van der Waals surface area contributed by atoms with Gasteiger partial charge in [0.15, 0.2) is 0 Å². The molecule has 24 heavy (non-hydrogen) atoms. The van der Waals surface area contributed by atoms with Gasteiger partial charge in [-0.1, -0.05) is 12.1 Å². The van der Waals surface area contributed by atoms with Crippen LogP contribution in [0.4, 0.5) is 0 Å². The van der Waals surface area contributed by atoms with E-state index in [1.807, 2.05) is 36.4 Å². The number of nitrogens with one attached hydrogen (secondary N) is 1. The van der Waals surface area contributed by atoms with Crippen LogP contribution in [-0.4, -0.2) is 23.9 Å². The first kappa shape index (κ1) is 16.0. The fraction of sp³-hybridized carbons (Fsp3) is 0.278. The minimum Gasteiger partial charge on any atom is -0.497 e. The van der Waals surface area contributed by atoms with Crippen LogP contribution in [0.2, 0.25) is 0 Å². The summed E-state index contributed by atoms with van der Waals surface area (Å²) in [6, 6.07) is 10.7. The number of rotatable bonds is 6.